The molecule has 1 saturated heterocycles. The Balaban J connectivity index is 2.05. The summed E-state index contributed by atoms with van der Waals surface area (Å²) in [7, 11) is 1.92. The van der Waals surface area contributed by atoms with Crippen LogP contribution in [0.25, 0.3) is 0 Å². The number of hydrazine groups is 1. The number of hydrogen-bond donors (Lipinski definition) is 2. The first-order valence-electron chi connectivity index (χ1n) is 6.23. The summed E-state index contributed by atoms with van der Waals surface area (Å²) in [4.78, 5) is 0. The van der Waals surface area contributed by atoms with Gasteiger partial charge in [-0.05, 0) is 32.3 Å². The number of hydrogen-bond acceptors (Lipinski definition) is 4. The number of nitrogens with two attached hydrogens (primary N) is 1. The predicted molar refractivity (Wildman–Crippen MR) is 66.2 cm³/mol. The van der Waals surface area contributed by atoms with Crippen molar-refractivity contribution in [1.29, 1.82) is 0 Å². The molecule has 1 aromatic rings. The highest BCUT2D eigenvalue weighted by atomic mass is 16.5. The molecule has 1 fully saturated rings. The lowest BCUT2D eigenvalue weighted by atomic mass is 9.86. The lowest BCUT2D eigenvalue weighted by Crippen LogP contribution is -2.55. The van der Waals surface area contributed by atoms with Crippen molar-refractivity contribution in [2.75, 3.05) is 6.61 Å². The Morgan fingerprint density at radius 2 is 2.47 bits per heavy atom. The molecule has 0 spiro atoms. The summed E-state index contributed by atoms with van der Waals surface area (Å²) in [6.45, 7) is 2.97. The molecule has 0 bridgehead atoms. The van der Waals surface area contributed by atoms with Gasteiger partial charge in [-0.15, -0.1) is 0 Å². The van der Waals surface area contributed by atoms with Gasteiger partial charge < -0.3 is 4.74 Å². The van der Waals surface area contributed by atoms with Crippen LogP contribution in [0.5, 0.6) is 0 Å². The first kappa shape index (κ1) is 12.5. The third kappa shape index (κ3) is 2.86. The molecule has 1 aliphatic rings. The molecule has 5 nitrogen and oxygen atoms in total. The molecule has 0 radical (unpaired) electrons. The van der Waals surface area contributed by atoms with Crippen LogP contribution in [0.4, 0.5) is 0 Å². The van der Waals surface area contributed by atoms with E-state index in [1.54, 1.807) is 0 Å². The van der Waals surface area contributed by atoms with Crippen LogP contribution < -0.4 is 11.3 Å². The minimum absolute atomic E-state index is 0.109. The van der Waals surface area contributed by atoms with E-state index < -0.39 is 0 Å². The van der Waals surface area contributed by atoms with Crippen LogP contribution in [0.2, 0.25) is 0 Å². The summed E-state index contributed by atoms with van der Waals surface area (Å²) >= 11 is 0. The Morgan fingerprint density at radius 3 is 3.00 bits per heavy atom. The molecule has 0 saturated carbocycles. The quantitative estimate of drug-likeness (QED) is 0.600. The van der Waals surface area contributed by atoms with Crippen molar-refractivity contribution in [2.24, 2.45) is 12.9 Å². The molecular formula is C12H22N4O. The molecule has 2 heterocycles. The summed E-state index contributed by atoms with van der Waals surface area (Å²) in [5.41, 5.74) is 3.77. The summed E-state index contributed by atoms with van der Waals surface area (Å²) in [6.07, 6.45) is 6.16. The van der Waals surface area contributed by atoms with E-state index in [1.807, 2.05) is 24.0 Å². The van der Waals surface area contributed by atoms with Crippen LogP contribution in [0.3, 0.4) is 0 Å². The first-order valence-corrected chi connectivity index (χ1v) is 6.23. The van der Waals surface area contributed by atoms with Crippen molar-refractivity contribution < 1.29 is 4.74 Å². The molecule has 0 aromatic carbocycles. The minimum Gasteiger partial charge on any atom is -0.374 e. The molecule has 1 aliphatic heterocycles. The number of nitrogens with one attached hydrogen (secondary N) is 1. The monoisotopic (exact) mass is 238 g/mol. The van der Waals surface area contributed by atoms with E-state index in [1.165, 1.54) is 6.42 Å². The van der Waals surface area contributed by atoms with E-state index in [2.05, 4.69) is 17.4 Å². The summed E-state index contributed by atoms with van der Waals surface area (Å²) in [5, 5.41) is 4.39. The van der Waals surface area contributed by atoms with Crippen molar-refractivity contribution in [1.82, 2.24) is 15.2 Å². The zero-order valence-electron chi connectivity index (χ0n) is 10.6. The predicted octanol–water partition coefficient (Wildman–Crippen LogP) is 0.754. The lowest BCUT2D eigenvalue weighted by Gasteiger charge is -2.40. The number of rotatable bonds is 4. The van der Waals surface area contributed by atoms with Gasteiger partial charge in [0.2, 0.25) is 0 Å². The van der Waals surface area contributed by atoms with Gasteiger partial charge in [0.25, 0.3) is 0 Å². The van der Waals surface area contributed by atoms with Gasteiger partial charge in [0.15, 0.2) is 0 Å². The smallest absolute Gasteiger partial charge is 0.0824 e. The van der Waals surface area contributed by atoms with E-state index >= 15 is 0 Å². The molecule has 2 rings (SSSR count). The van der Waals surface area contributed by atoms with Gasteiger partial charge in [0.1, 0.15) is 0 Å². The SMILES string of the molecule is Cn1ccc(CC(NN)C2(C)CCCCO2)n1. The normalized spacial score (nSPS) is 27.0. The van der Waals surface area contributed by atoms with Crippen molar-refractivity contribution in [3.63, 3.8) is 0 Å². The van der Waals surface area contributed by atoms with Gasteiger partial charge in [0.05, 0.1) is 17.3 Å². The molecule has 3 N–H and O–H groups in total. The Bertz CT molecular complexity index is 357. The molecule has 0 amide bonds. The molecule has 17 heavy (non-hydrogen) atoms. The second-order valence-corrected chi connectivity index (χ2v) is 5.02. The van der Waals surface area contributed by atoms with E-state index in [9.17, 15) is 0 Å². The third-order valence-corrected chi connectivity index (χ3v) is 3.62. The first-order chi connectivity index (χ1) is 8.14. The maximum atomic E-state index is 5.92. The Labute approximate surface area is 102 Å². The fourth-order valence-corrected chi connectivity index (χ4v) is 2.46. The third-order valence-electron chi connectivity index (χ3n) is 3.62. The zero-order chi connectivity index (χ0) is 12.3. The number of aromatic nitrogens is 2. The maximum absolute atomic E-state index is 5.92. The molecule has 1 aromatic heterocycles. The van der Waals surface area contributed by atoms with Crippen LogP contribution in [0.1, 0.15) is 31.9 Å². The Morgan fingerprint density at radius 1 is 1.65 bits per heavy atom. The van der Waals surface area contributed by atoms with Crippen molar-refractivity contribution in [2.45, 2.75) is 44.2 Å². The fraction of sp³-hybridized carbons (Fsp3) is 0.750. The maximum Gasteiger partial charge on any atom is 0.0824 e. The molecule has 0 aliphatic carbocycles. The Kier molecular flexibility index (Phi) is 3.81. The van der Waals surface area contributed by atoms with Gasteiger partial charge in [-0.1, -0.05) is 0 Å². The van der Waals surface area contributed by atoms with Gasteiger partial charge in [-0.3, -0.25) is 16.0 Å². The van der Waals surface area contributed by atoms with Crippen molar-refractivity contribution in [3.8, 4) is 0 Å². The topological polar surface area (TPSA) is 65.1 Å². The van der Waals surface area contributed by atoms with E-state index in [0.29, 0.717) is 0 Å². The van der Waals surface area contributed by atoms with Crippen LogP contribution in [0.15, 0.2) is 12.3 Å². The van der Waals surface area contributed by atoms with Gasteiger partial charge in [-0.25, -0.2) is 0 Å². The van der Waals surface area contributed by atoms with Gasteiger partial charge in [0, 0.05) is 26.3 Å². The minimum atomic E-state index is -0.176. The Hall–Kier alpha value is -0.910. The van der Waals surface area contributed by atoms with Crippen LogP contribution in [0, 0.1) is 0 Å². The largest absolute Gasteiger partial charge is 0.374 e. The average Bonchev–Trinajstić information content (AvgIpc) is 2.72. The highest BCUT2D eigenvalue weighted by molar-refractivity contribution is 5.05. The number of ether oxygens (including phenoxy) is 1. The van der Waals surface area contributed by atoms with Crippen LogP contribution in [-0.4, -0.2) is 28.0 Å². The lowest BCUT2D eigenvalue weighted by molar-refractivity contribution is -0.0886. The second kappa shape index (κ2) is 5.16. The summed E-state index contributed by atoms with van der Waals surface area (Å²) < 4.78 is 7.73. The number of nitrogens with zero attached hydrogens (tertiary/aromatic N) is 2. The molecule has 2 unspecified atom stereocenters. The van der Waals surface area contributed by atoms with Gasteiger partial charge >= 0.3 is 0 Å². The standard InChI is InChI=1S/C12H22N4O/c1-12(6-3-4-8-17-12)11(14-13)9-10-5-7-16(2)15-10/h5,7,11,14H,3-4,6,8-9,13H2,1-2H3. The van der Waals surface area contributed by atoms with Crippen molar-refractivity contribution >= 4 is 0 Å². The van der Waals surface area contributed by atoms with E-state index in [4.69, 9.17) is 10.6 Å². The highest BCUT2D eigenvalue weighted by Gasteiger charge is 2.36. The fourth-order valence-electron chi connectivity index (χ4n) is 2.46. The van der Waals surface area contributed by atoms with E-state index in [0.717, 1.165) is 31.6 Å². The van der Waals surface area contributed by atoms with Crippen molar-refractivity contribution in [3.05, 3.63) is 18.0 Å². The van der Waals surface area contributed by atoms with Crippen LogP contribution in [-0.2, 0) is 18.2 Å². The zero-order valence-corrected chi connectivity index (χ0v) is 10.6. The van der Waals surface area contributed by atoms with Crippen LogP contribution >= 0.6 is 0 Å². The summed E-state index contributed by atoms with van der Waals surface area (Å²) in [6, 6.07) is 2.13. The van der Waals surface area contributed by atoms with Gasteiger partial charge in [-0.2, -0.15) is 5.10 Å². The molecule has 2 atom stereocenters. The molecule has 96 valence electrons. The second-order valence-electron chi connectivity index (χ2n) is 5.02. The molecule has 5 heteroatoms. The summed E-state index contributed by atoms with van der Waals surface area (Å²) in [5.74, 6) is 5.68. The molecular weight excluding hydrogens is 216 g/mol. The number of aryl methyl sites for hydroxylation is 1. The highest BCUT2D eigenvalue weighted by Crippen LogP contribution is 2.29. The average molecular weight is 238 g/mol. The van der Waals surface area contributed by atoms with E-state index in [-0.39, 0.29) is 11.6 Å².